The fourth-order valence-corrected chi connectivity index (χ4v) is 3.23. The quantitative estimate of drug-likeness (QED) is 0.797. The van der Waals surface area contributed by atoms with Crippen LogP contribution in [0.3, 0.4) is 0 Å². The molecule has 0 saturated heterocycles. The average Bonchev–Trinajstić information content (AvgIpc) is 2.66. The molecule has 0 aromatic heterocycles. The molecule has 1 heterocycles. The SMILES string of the molecule is CC(=O)c1ccc2c(c1)N(C(C)C(=O)Nc1ccc(C(C)(C)C)cc1)C(=O)CO2. The van der Waals surface area contributed by atoms with Gasteiger partial charge in [-0.15, -0.1) is 0 Å². The number of nitrogens with one attached hydrogen (secondary N) is 1. The van der Waals surface area contributed by atoms with Crippen LogP contribution in [0.2, 0.25) is 0 Å². The molecule has 6 nitrogen and oxygen atoms in total. The number of benzene rings is 2. The van der Waals surface area contributed by atoms with Gasteiger partial charge < -0.3 is 10.1 Å². The van der Waals surface area contributed by atoms with Gasteiger partial charge in [0.25, 0.3) is 5.91 Å². The average molecular weight is 394 g/mol. The van der Waals surface area contributed by atoms with Gasteiger partial charge in [-0.05, 0) is 55.2 Å². The molecule has 1 aliphatic heterocycles. The number of ether oxygens (including phenoxy) is 1. The summed E-state index contributed by atoms with van der Waals surface area (Å²) in [4.78, 5) is 38.5. The van der Waals surface area contributed by atoms with Crippen LogP contribution in [0.5, 0.6) is 5.75 Å². The maximum atomic E-state index is 12.9. The summed E-state index contributed by atoms with van der Waals surface area (Å²) in [5.74, 6) is -0.294. The second-order valence-corrected chi connectivity index (χ2v) is 8.28. The highest BCUT2D eigenvalue weighted by atomic mass is 16.5. The number of carbonyl (C=O) groups is 3. The topological polar surface area (TPSA) is 75.7 Å². The first-order valence-electron chi connectivity index (χ1n) is 9.59. The lowest BCUT2D eigenvalue weighted by Crippen LogP contribution is -2.49. The van der Waals surface area contributed by atoms with Crippen molar-refractivity contribution in [3.05, 3.63) is 53.6 Å². The molecule has 1 aliphatic rings. The van der Waals surface area contributed by atoms with Crippen LogP contribution in [0.25, 0.3) is 0 Å². The lowest BCUT2D eigenvalue weighted by molar-refractivity contribution is -0.125. The number of rotatable bonds is 4. The van der Waals surface area contributed by atoms with E-state index >= 15 is 0 Å². The minimum atomic E-state index is -0.769. The summed E-state index contributed by atoms with van der Waals surface area (Å²) in [6.07, 6.45) is 0. The summed E-state index contributed by atoms with van der Waals surface area (Å²) in [6.45, 7) is 9.34. The first-order valence-corrected chi connectivity index (χ1v) is 9.59. The highest BCUT2D eigenvalue weighted by Crippen LogP contribution is 2.34. The Labute approximate surface area is 170 Å². The van der Waals surface area contributed by atoms with Crippen LogP contribution in [0, 0.1) is 0 Å². The Balaban J connectivity index is 1.83. The summed E-state index contributed by atoms with van der Waals surface area (Å²) >= 11 is 0. The van der Waals surface area contributed by atoms with E-state index in [4.69, 9.17) is 4.74 Å². The summed E-state index contributed by atoms with van der Waals surface area (Å²) in [6, 6.07) is 11.8. The van der Waals surface area contributed by atoms with Crippen molar-refractivity contribution in [1.29, 1.82) is 0 Å². The van der Waals surface area contributed by atoms with Crippen molar-refractivity contribution in [3.63, 3.8) is 0 Å². The number of Topliss-reactive ketones (excluding diaryl/α,β-unsaturated/α-hetero) is 1. The molecule has 29 heavy (non-hydrogen) atoms. The summed E-state index contributed by atoms with van der Waals surface area (Å²) in [5.41, 5.74) is 2.73. The van der Waals surface area contributed by atoms with Crippen LogP contribution < -0.4 is 15.0 Å². The predicted molar refractivity (Wildman–Crippen MR) is 113 cm³/mol. The third kappa shape index (κ3) is 4.31. The summed E-state index contributed by atoms with van der Waals surface area (Å²) < 4.78 is 5.46. The first-order chi connectivity index (χ1) is 13.6. The van der Waals surface area contributed by atoms with Crippen LogP contribution >= 0.6 is 0 Å². The highest BCUT2D eigenvalue weighted by molar-refractivity contribution is 6.07. The van der Waals surface area contributed by atoms with E-state index in [-0.39, 0.29) is 29.6 Å². The zero-order chi connectivity index (χ0) is 21.3. The van der Waals surface area contributed by atoms with Crippen molar-refractivity contribution < 1.29 is 19.1 Å². The summed E-state index contributed by atoms with van der Waals surface area (Å²) in [7, 11) is 0. The first kappa shape index (κ1) is 20.6. The lowest BCUT2D eigenvalue weighted by Gasteiger charge is -2.33. The number of ketones is 1. The Bertz CT molecular complexity index is 958. The molecule has 0 fully saturated rings. The number of amides is 2. The van der Waals surface area contributed by atoms with E-state index in [2.05, 4.69) is 26.1 Å². The largest absolute Gasteiger partial charge is 0.482 e. The third-order valence-electron chi connectivity index (χ3n) is 5.03. The molecule has 3 rings (SSSR count). The van der Waals surface area contributed by atoms with Gasteiger partial charge in [0.1, 0.15) is 11.8 Å². The van der Waals surface area contributed by atoms with Crippen molar-refractivity contribution in [3.8, 4) is 5.75 Å². The fraction of sp³-hybridized carbons (Fsp3) is 0.348. The van der Waals surface area contributed by atoms with Gasteiger partial charge in [0, 0.05) is 11.3 Å². The molecule has 0 saturated carbocycles. The number of hydrogen-bond acceptors (Lipinski definition) is 4. The third-order valence-corrected chi connectivity index (χ3v) is 5.03. The predicted octanol–water partition coefficient (Wildman–Crippen LogP) is 3.94. The second kappa shape index (κ2) is 7.70. The van der Waals surface area contributed by atoms with Crippen molar-refractivity contribution in [2.75, 3.05) is 16.8 Å². The van der Waals surface area contributed by atoms with Gasteiger partial charge >= 0.3 is 0 Å². The molecule has 1 atom stereocenters. The van der Waals surface area contributed by atoms with Crippen molar-refractivity contribution in [2.24, 2.45) is 0 Å². The van der Waals surface area contributed by atoms with Crippen molar-refractivity contribution in [1.82, 2.24) is 0 Å². The summed E-state index contributed by atoms with van der Waals surface area (Å²) in [5, 5.41) is 2.87. The van der Waals surface area contributed by atoms with E-state index in [1.807, 2.05) is 24.3 Å². The van der Waals surface area contributed by atoms with Crippen LogP contribution in [0.1, 0.15) is 50.5 Å². The van der Waals surface area contributed by atoms with Gasteiger partial charge in [-0.3, -0.25) is 19.3 Å². The van der Waals surface area contributed by atoms with E-state index in [9.17, 15) is 14.4 Å². The molecule has 0 bridgehead atoms. The number of hydrogen-bond donors (Lipinski definition) is 1. The van der Waals surface area contributed by atoms with E-state index in [0.29, 0.717) is 22.7 Å². The minimum Gasteiger partial charge on any atom is -0.482 e. The molecule has 2 aromatic carbocycles. The Kier molecular flexibility index (Phi) is 5.46. The molecule has 0 aliphatic carbocycles. The molecule has 0 spiro atoms. The van der Waals surface area contributed by atoms with E-state index in [1.54, 1.807) is 25.1 Å². The van der Waals surface area contributed by atoms with Crippen LogP contribution in [0.15, 0.2) is 42.5 Å². The maximum Gasteiger partial charge on any atom is 0.265 e. The molecule has 0 radical (unpaired) electrons. The molecular weight excluding hydrogens is 368 g/mol. The standard InChI is InChI=1S/C23H26N2O4/c1-14(22(28)24-18-9-7-17(8-10-18)23(3,4)5)25-19-12-16(15(2)26)6-11-20(19)29-13-21(25)27/h6-12,14H,13H2,1-5H3,(H,24,28). The molecular formula is C23H26N2O4. The Morgan fingerprint density at radius 3 is 2.34 bits per heavy atom. The Morgan fingerprint density at radius 1 is 1.10 bits per heavy atom. The van der Waals surface area contributed by atoms with Crippen molar-refractivity contribution in [2.45, 2.75) is 46.1 Å². The number of carbonyl (C=O) groups excluding carboxylic acids is 3. The smallest absolute Gasteiger partial charge is 0.265 e. The highest BCUT2D eigenvalue weighted by Gasteiger charge is 2.33. The number of nitrogens with zero attached hydrogens (tertiary/aromatic N) is 1. The second-order valence-electron chi connectivity index (χ2n) is 8.28. The van der Waals surface area contributed by atoms with Gasteiger partial charge in [0.2, 0.25) is 5.91 Å². The van der Waals surface area contributed by atoms with Crippen LogP contribution in [-0.4, -0.2) is 30.2 Å². The minimum absolute atomic E-state index is 0.0220. The van der Waals surface area contributed by atoms with Gasteiger partial charge in [0.15, 0.2) is 12.4 Å². The zero-order valence-corrected chi connectivity index (χ0v) is 17.4. The van der Waals surface area contributed by atoms with E-state index in [1.165, 1.54) is 11.8 Å². The van der Waals surface area contributed by atoms with E-state index in [0.717, 1.165) is 5.56 Å². The van der Waals surface area contributed by atoms with Gasteiger partial charge in [-0.2, -0.15) is 0 Å². The molecule has 2 aromatic rings. The van der Waals surface area contributed by atoms with Gasteiger partial charge in [-0.1, -0.05) is 32.9 Å². The fourth-order valence-electron chi connectivity index (χ4n) is 3.23. The maximum absolute atomic E-state index is 12.9. The van der Waals surface area contributed by atoms with Gasteiger partial charge in [-0.25, -0.2) is 0 Å². The van der Waals surface area contributed by atoms with Crippen LogP contribution in [0.4, 0.5) is 11.4 Å². The monoisotopic (exact) mass is 394 g/mol. The molecule has 152 valence electrons. The van der Waals surface area contributed by atoms with E-state index < -0.39 is 6.04 Å². The Morgan fingerprint density at radius 2 is 1.76 bits per heavy atom. The molecule has 2 amide bonds. The van der Waals surface area contributed by atoms with Crippen molar-refractivity contribution >= 4 is 29.0 Å². The Hall–Kier alpha value is -3.15. The molecule has 1 unspecified atom stereocenters. The zero-order valence-electron chi connectivity index (χ0n) is 17.4. The van der Waals surface area contributed by atoms with Crippen LogP contribution in [-0.2, 0) is 15.0 Å². The molecule has 6 heteroatoms. The van der Waals surface area contributed by atoms with Gasteiger partial charge in [0.05, 0.1) is 5.69 Å². The molecule has 1 N–H and O–H groups in total. The number of anilines is 2. The lowest BCUT2D eigenvalue weighted by atomic mass is 9.87. The normalized spacial score (nSPS) is 14.7. The number of fused-ring (bicyclic) bond motifs is 1.